The summed E-state index contributed by atoms with van der Waals surface area (Å²) in [5, 5.41) is 12.4. The fourth-order valence-corrected chi connectivity index (χ4v) is 2.63. The van der Waals surface area contributed by atoms with Crippen molar-refractivity contribution in [2.75, 3.05) is 25.5 Å². The third-order valence-electron chi connectivity index (χ3n) is 3.95. The smallest absolute Gasteiger partial charge is 0.254 e. The first-order chi connectivity index (χ1) is 9.86. The number of likely N-dealkylation sites (tertiary alicyclic amines) is 1. The molecule has 1 amide bonds. The largest absolute Gasteiger partial charge is 0.394 e. The van der Waals surface area contributed by atoms with Crippen molar-refractivity contribution in [1.82, 2.24) is 9.88 Å². The Balaban J connectivity index is 2.36. The van der Waals surface area contributed by atoms with Gasteiger partial charge < -0.3 is 15.3 Å². The van der Waals surface area contributed by atoms with Crippen LogP contribution in [0.3, 0.4) is 0 Å². The van der Waals surface area contributed by atoms with E-state index in [0.29, 0.717) is 17.9 Å². The lowest BCUT2D eigenvalue weighted by atomic mass is 9.90. The van der Waals surface area contributed by atoms with E-state index in [-0.39, 0.29) is 24.0 Å². The van der Waals surface area contributed by atoms with Crippen molar-refractivity contribution in [3.8, 4) is 0 Å². The van der Waals surface area contributed by atoms with Gasteiger partial charge in [-0.25, -0.2) is 4.98 Å². The highest BCUT2D eigenvalue weighted by Gasteiger charge is 2.30. The van der Waals surface area contributed by atoms with E-state index in [1.54, 1.807) is 18.0 Å². The minimum atomic E-state index is -0.122. The molecule has 1 aliphatic heterocycles. The molecule has 0 spiro atoms. The molecule has 1 aliphatic rings. The number of amides is 1. The number of nitrogens with one attached hydrogen (secondary N) is 1. The summed E-state index contributed by atoms with van der Waals surface area (Å²) in [5.74, 6) is 0.682. The second-order valence-corrected chi connectivity index (χ2v) is 6.60. The summed E-state index contributed by atoms with van der Waals surface area (Å²) in [6.45, 7) is 6.98. The van der Waals surface area contributed by atoms with Crippen LogP contribution in [0.15, 0.2) is 12.1 Å². The number of nitrogens with zero attached hydrogens (tertiary/aromatic N) is 2. The maximum absolute atomic E-state index is 12.7. The van der Waals surface area contributed by atoms with E-state index in [2.05, 4.69) is 31.1 Å². The van der Waals surface area contributed by atoms with Crippen LogP contribution in [0.5, 0.6) is 0 Å². The number of aromatic nitrogens is 1. The van der Waals surface area contributed by atoms with Gasteiger partial charge >= 0.3 is 0 Å². The quantitative estimate of drug-likeness (QED) is 0.894. The Morgan fingerprint density at radius 1 is 1.48 bits per heavy atom. The van der Waals surface area contributed by atoms with Gasteiger partial charge in [0.1, 0.15) is 5.82 Å². The van der Waals surface area contributed by atoms with Gasteiger partial charge in [-0.2, -0.15) is 0 Å². The van der Waals surface area contributed by atoms with Crippen molar-refractivity contribution in [2.45, 2.75) is 45.1 Å². The zero-order valence-corrected chi connectivity index (χ0v) is 13.3. The number of hydrogen-bond acceptors (Lipinski definition) is 4. The molecule has 0 aromatic carbocycles. The summed E-state index contributed by atoms with van der Waals surface area (Å²) >= 11 is 0. The molecule has 1 fully saturated rings. The maximum atomic E-state index is 12.7. The first-order valence-electron chi connectivity index (χ1n) is 7.49. The zero-order valence-electron chi connectivity index (χ0n) is 13.3. The van der Waals surface area contributed by atoms with E-state index >= 15 is 0 Å². The lowest BCUT2D eigenvalue weighted by molar-refractivity contribution is 0.0677. The molecule has 1 unspecified atom stereocenters. The Kier molecular flexibility index (Phi) is 4.52. The lowest BCUT2D eigenvalue weighted by Crippen LogP contribution is -2.37. The van der Waals surface area contributed by atoms with E-state index in [1.807, 2.05) is 6.07 Å². The van der Waals surface area contributed by atoms with Crippen LogP contribution < -0.4 is 5.32 Å². The number of carbonyl (C=O) groups excluding carboxylic acids is 1. The monoisotopic (exact) mass is 291 g/mol. The predicted octanol–water partition coefficient (Wildman–Crippen LogP) is 2.02. The van der Waals surface area contributed by atoms with Gasteiger partial charge in [-0.1, -0.05) is 20.8 Å². The van der Waals surface area contributed by atoms with Gasteiger partial charge in [-0.05, 0) is 25.0 Å². The molecule has 2 heterocycles. The molecular formula is C16H25N3O2. The molecule has 1 atom stereocenters. The second kappa shape index (κ2) is 6.02. The SMILES string of the molecule is CNc1cc(C(=O)N2CCCC2CO)cc(C(C)(C)C)n1. The fourth-order valence-electron chi connectivity index (χ4n) is 2.63. The predicted molar refractivity (Wildman–Crippen MR) is 83.6 cm³/mol. The first-order valence-corrected chi connectivity index (χ1v) is 7.49. The Labute approximate surface area is 126 Å². The van der Waals surface area contributed by atoms with Crippen molar-refractivity contribution in [1.29, 1.82) is 0 Å². The maximum Gasteiger partial charge on any atom is 0.254 e. The molecule has 1 aromatic heterocycles. The number of anilines is 1. The molecule has 1 saturated heterocycles. The van der Waals surface area contributed by atoms with Crippen molar-refractivity contribution < 1.29 is 9.90 Å². The van der Waals surface area contributed by atoms with Crippen LogP contribution in [-0.2, 0) is 5.41 Å². The molecular weight excluding hydrogens is 266 g/mol. The summed E-state index contributed by atoms with van der Waals surface area (Å²) in [7, 11) is 1.80. The van der Waals surface area contributed by atoms with Crippen molar-refractivity contribution in [3.05, 3.63) is 23.4 Å². The minimum absolute atomic E-state index is 0.0176. The molecule has 21 heavy (non-hydrogen) atoms. The first kappa shape index (κ1) is 15.8. The van der Waals surface area contributed by atoms with Gasteiger partial charge in [0, 0.05) is 30.3 Å². The lowest BCUT2D eigenvalue weighted by Gasteiger charge is -2.25. The Morgan fingerprint density at radius 3 is 2.76 bits per heavy atom. The molecule has 1 aromatic rings. The van der Waals surface area contributed by atoms with Crippen LogP contribution >= 0.6 is 0 Å². The summed E-state index contributed by atoms with van der Waals surface area (Å²) in [5.41, 5.74) is 1.40. The number of hydrogen-bond donors (Lipinski definition) is 2. The Bertz CT molecular complexity index is 523. The third-order valence-corrected chi connectivity index (χ3v) is 3.95. The van der Waals surface area contributed by atoms with Gasteiger partial charge in [-0.15, -0.1) is 0 Å². The van der Waals surface area contributed by atoms with Crippen molar-refractivity contribution >= 4 is 11.7 Å². The van der Waals surface area contributed by atoms with E-state index in [9.17, 15) is 9.90 Å². The molecule has 5 heteroatoms. The molecule has 0 radical (unpaired) electrons. The summed E-state index contributed by atoms with van der Waals surface area (Å²) in [6, 6.07) is 3.60. The molecule has 0 aliphatic carbocycles. The Morgan fingerprint density at radius 2 is 2.19 bits per heavy atom. The van der Waals surface area contributed by atoms with Gasteiger partial charge in [0.25, 0.3) is 5.91 Å². The molecule has 0 saturated carbocycles. The average Bonchev–Trinajstić information content (AvgIpc) is 2.93. The van der Waals surface area contributed by atoms with Gasteiger partial charge in [0.05, 0.1) is 12.6 Å². The summed E-state index contributed by atoms with van der Waals surface area (Å²) < 4.78 is 0. The van der Waals surface area contributed by atoms with Crippen LogP contribution in [0.4, 0.5) is 5.82 Å². The number of rotatable bonds is 3. The highest BCUT2D eigenvalue weighted by Crippen LogP contribution is 2.26. The Hall–Kier alpha value is -1.62. The van der Waals surface area contributed by atoms with E-state index in [4.69, 9.17) is 0 Å². The number of aliphatic hydroxyl groups excluding tert-OH is 1. The van der Waals surface area contributed by atoms with E-state index in [0.717, 1.165) is 18.5 Å². The van der Waals surface area contributed by atoms with Crippen molar-refractivity contribution in [3.63, 3.8) is 0 Å². The summed E-state index contributed by atoms with van der Waals surface area (Å²) in [6.07, 6.45) is 1.82. The molecule has 116 valence electrons. The second-order valence-electron chi connectivity index (χ2n) is 6.60. The van der Waals surface area contributed by atoms with Gasteiger partial charge in [0.2, 0.25) is 0 Å². The third kappa shape index (κ3) is 3.35. The number of aliphatic hydroxyl groups is 1. The summed E-state index contributed by atoms with van der Waals surface area (Å²) in [4.78, 5) is 19.0. The standard InChI is InChI=1S/C16H25N3O2/c1-16(2,3)13-8-11(9-14(17-4)18-13)15(21)19-7-5-6-12(19)10-20/h8-9,12,20H,5-7,10H2,1-4H3,(H,17,18). The highest BCUT2D eigenvalue weighted by molar-refractivity contribution is 5.95. The molecule has 2 N–H and O–H groups in total. The van der Waals surface area contributed by atoms with Crippen LogP contribution in [-0.4, -0.2) is 47.1 Å². The highest BCUT2D eigenvalue weighted by atomic mass is 16.3. The number of carbonyl (C=O) groups is 1. The molecule has 2 rings (SSSR count). The van der Waals surface area contributed by atoms with Gasteiger partial charge in [0.15, 0.2) is 0 Å². The molecule has 0 bridgehead atoms. The average molecular weight is 291 g/mol. The minimum Gasteiger partial charge on any atom is -0.394 e. The number of pyridine rings is 1. The van der Waals surface area contributed by atoms with Crippen LogP contribution in [0.25, 0.3) is 0 Å². The molecule has 5 nitrogen and oxygen atoms in total. The zero-order chi connectivity index (χ0) is 15.6. The fraction of sp³-hybridized carbons (Fsp3) is 0.625. The normalized spacial score (nSPS) is 18.9. The van der Waals surface area contributed by atoms with Gasteiger partial charge in [-0.3, -0.25) is 4.79 Å². The topological polar surface area (TPSA) is 65.5 Å². The van der Waals surface area contributed by atoms with E-state index in [1.165, 1.54) is 0 Å². The van der Waals surface area contributed by atoms with Crippen LogP contribution in [0, 0.1) is 0 Å². The van der Waals surface area contributed by atoms with E-state index < -0.39 is 0 Å². The van der Waals surface area contributed by atoms with Crippen LogP contribution in [0.1, 0.15) is 49.7 Å². The van der Waals surface area contributed by atoms with Crippen molar-refractivity contribution in [2.24, 2.45) is 0 Å². The van der Waals surface area contributed by atoms with Crippen LogP contribution in [0.2, 0.25) is 0 Å².